The van der Waals surface area contributed by atoms with Crippen LogP contribution in [0.1, 0.15) is 5.56 Å². The first-order chi connectivity index (χ1) is 12.5. The molecule has 26 heavy (non-hydrogen) atoms. The average molecular weight is 370 g/mol. The van der Waals surface area contributed by atoms with Gasteiger partial charge in [-0.15, -0.1) is 0 Å². The van der Waals surface area contributed by atoms with Crippen molar-refractivity contribution in [2.24, 2.45) is 0 Å². The number of hydrogen-bond donors (Lipinski definition) is 0. The number of anilines is 2. The topological polar surface area (TPSA) is 52.9 Å². The molecule has 7 heteroatoms. The number of hydrogen-bond acceptors (Lipinski definition) is 5. The Morgan fingerprint density at radius 2 is 1.58 bits per heavy atom. The summed E-state index contributed by atoms with van der Waals surface area (Å²) >= 11 is 5.67. The van der Waals surface area contributed by atoms with E-state index in [4.69, 9.17) is 12.2 Å². The van der Waals surface area contributed by atoms with E-state index in [0.717, 1.165) is 48.1 Å². The molecule has 0 saturated carbocycles. The second-order valence-electron chi connectivity index (χ2n) is 6.49. The molecule has 6 nitrogen and oxygen atoms in total. The number of non-ortho nitro benzene ring substituents is 1. The van der Waals surface area contributed by atoms with E-state index in [-0.39, 0.29) is 10.6 Å². The Morgan fingerprint density at radius 1 is 1.00 bits per heavy atom. The van der Waals surface area contributed by atoms with Crippen LogP contribution < -0.4 is 9.80 Å². The molecule has 1 saturated heterocycles. The summed E-state index contributed by atoms with van der Waals surface area (Å²) in [6.07, 6.45) is 0. The third kappa shape index (κ3) is 3.94. The molecular weight excluding hydrogens is 348 g/mol. The standard InChI is InChI=1S/C19H22N4O2S/c1-20(2)16-5-3-15(4-6-16)19(26)22-13-11-21(12-14-22)17-7-9-18(10-8-17)23(24)25/h3-10H,11-14H2,1-2H3. The van der Waals surface area contributed by atoms with E-state index in [0.29, 0.717) is 0 Å². The van der Waals surface area contributed by atoms with Crippen molar-refractivity contribution in [3.8, 4) is 0 Å². The lowest BCUT2D eigenvalue weighted by Gasteiger charge is -2.37. The van der Waals surface area contributed by atoms with Crippen LogP contribution in [0.4, 0.5) is 17.1 Å². The highest BCUT2D eigenvalue weighted by Crippen LogP contribution is 2.22. The highest BCUT2D eigenvalue weighted by Gasteiger charge is 2.20. The van der Waals surface area contributed by atoms with E-state index in [9.17, 15) is 10.1 Å². The summed E-state index contributed by atoms with van der Waals surface area (Å²) in [6.45, 7) is 3.36. The SMILES string of the molecule is CN(C)c1ccc(C(=S)N2CCN(c3ccc([N+](=O)[O-])cc3)CC2)cc1. The lowest BCUT2D eigenvalue weighted by Crippen LogP contribution is -2.48. The fraction of sp³-hybridized carbons (Fsp3) is 0.316. The van der Waals surface area contributed by atoms with Crippen LogP contribution >= 0.6 is 12.2 Å². The Morgan fingerprint density at radius 3 is 2.08 bits per heavy atom. The fourth-order valence-electron chi connectivity index (χ4n) is 3.04. The molecular formula is C19H22N4O2S. The van der Waals surface area contributed by atoms with Gasteiger partial charge in [-0.1, -0.05) is 12.2 Å². The van der Waals surface area contributed by atoms with Crippen molar-refractivity contribution in [3.63, 3.8) is 0 Å². The lowest BCUT2D eigenvalue weighted by molar-refractivity contribution is -0.384. The average Bonchev–Trinajstić information content (AvgIpc) is 2.67. The summed E-state index contributed by atoms with van der Waals surface area (Å²) in [4.78, 5) is 17.8. The minimum atomic E-state index is -0.373. The van der Waals surface area contributed by atoms with Crippen LogP contribution in [0.25, 0.3) is 0 Å². The van der Waals surface area contributed by atoms with E-state index in [1.54, 1.807) is 12.1 Å². The zero-order chi connectivity index (χ0) is 18.7. The molecule has 0 radical (unpaired) electrons. The van der Waals surface area contributed by atoms with Crippen LogP contribution in [-0.2, 0) is 0 Å². The molecule has 0 bridgehead atoms. The molecule has 0 N–H and O–H groups in total. The van der Waals surface area contributed by atoms with Gasteiger partial charge in [0.05, 0.1) is 4.92 Å². The van der Waals surface area contributed by atoms with Gasteiger partial charge in [0.15, 0.2) is 0 Å². The van der Waals surface area contributed by atoms with Crippen LogP contribution in [0.2, 0.25) is 0 Å². The first-order valence-electron chi connectivity index (χ1n) is 8.52. The molecule has 1 heterocycles. The quantitative estimate of drug-likeness (QED) is 0.468. The summed E-state index contributed by atoms with van der Waals surface area (Å²) in [5.74, 6) is 0. The van der Waals surface area contributed by atoms with Crippen molar-refractivity contribution in [2.45, 2.75) is 0 Å². The van der Waals surface area contributed by atoms with E-state index < -0.39 is 0 Å². The minimum absolute atomic E-state index is 0.120. The number of nitrogens with zero attached hydrogens (tertiary/aromatic N) is 4. The number of benzene rings is 2. The van der Waals surface area contributed by atoms with Crippen molar-refractivity contribution >= 4 is 34.3 Å². The highest BCUT2D eigenvalue weighted by molar-refractivity contribution is 7.80. The van der Waals surface area contributed by atoms with Crippen molar-refractivity contribution in [1.82, 2.24) is 4.90 Å². The number of piperazine rings is 1. The molecule has 0 atom stereocenters. The molecule has 3 rings (SSSR count). The first-order valence-corrected chi connectivity index (χ1v) is 8.92. The number of rotatable bonds is 4. The molecule has 2 aromatic carbocycles. The predicted molar refractivity (Wildman–Crippen MR) is 109 cm³/mol. The van der Waals surface area contributed by atoms with E-state index in [1.165, 1.54) is 0 Å². The van der Waals surface area contributed by atoms with E-state index >= 15 is 0 Å². The molecule has 1 aliphatic heterocycles. The largest absolute Gasteiger partial charge is 0.378 e. The fourth-order valence-corrected chi connectivity index (χ4v) is 3.36. The van der Waals surface area contributed by atoms with Crippen LogP contribution in [-0.4, -0.2) is 55.1 Å². The molecule has 136 valence electrons. The maximum Gasteiger partial charge on any atom is 0.269 e. The Labute approximate surface area is 158 Å². The maximum absolute atomic E-state index is 10.8. The zero-order valence-corrected chi connectivity index (χ0v) is 15.8. The number of nitro groups is 1. The molecule has 1 fully saturated rings. The molecule has 0 aromatic heterocycles. The Bertz CT molecular complexity index is 782. The minimum Gasteiger partial charge on any atom is -0.378 e. The van der Waals surface area contributed by atoms with Crippen molar-refractivity contribution in [2.75, 3.05) is 50.1 Å². The van der Waals surface area contributed by atoms with Crippen LogP contribution in [0.15, 0.2) is 48.5 Å². The summed E-state index contributed by atoms with van der Waals surface area (Å²) in [6, 6.07) is 15.0. The first kappa shape index (κ1) is 18.1. The zero-order valence-electron chi connectivity index (χ0n) is 15.0. The van der Waals surface area contributed by atoms with Crippen LogP contribution in [0.3, 0.4) is 0 Å². The van der Waals surface area contributed by atoms with Gasteiger partial charge in [0, 0.05) is 69.3 Å². The summed E-state index contributed by atoms with van der Waals surface area (Å²) in [7, 11) is 4.04. The molecule has 1 aliphatic rings. The Hall–Kier alpha value is -2.67. The molecule has 2 aromatic rings. The number of thiocarbonyl (C=S) groups is 1. The monoisotopic (exact) mass is 370 g/mol. The highest BCUT2D eigenvalue weighted by atomic mass is 32.1. The van der Waals surface area contributed by atoms with Gasteiger partial charge in [0.2, 0.25) is 0 Å². The second-order valence-corrected chi connectivity index (χ2v) is 6.88. The van der Waals surface area contributed by atoms with Gasteiger partial charge in [-0.05, 0) is 36.4 Å². The van der Waals surface area contributed by atoms with Crippen molar-refractivity contribution in [3.05, 3.63) is 64.2 Å². The maximum atomic E-state index is 10.8. The summed E-state index contributed by atoms with van der Waals surface area (Å²) < 4.78 is 0. The van der Waals surface area contributed by atoms with E-state index in [2.05, 4.69) is 39.0 Å². The summed E-state index contributed by atoms with van der Waals surface area (Å²) in [5, 5.41) is 10.8. The van der Waals surface area contributed by atoms with Gasteiger partial charge in [-0.2, -0.15) is 0 Å². The normalized spacial score (nSPS) is 14.2. The van der Waals surface area contributed by atoms with Crippen molar-refractivity contribution in [1.29, 1.82) is 0 Å². The Balaban J connectivity index is 1.60. The van der Waals surface area contributed by atoms with Gasteiger partial charge in [-0.3, -0.25) is 10.1 Å². The molecule has 0 spiro atoms. The Kier molecular flexibility index (Phi) is 5.37. The van der Waals surface area contributed by atoms with Crippen LogP contribution in [0, 0.1) is 10.1 Å². The van der Waals surface area contributed by atoms with E-state index in [1.807, 2.05) is 26.2 Å². The summed E-state index contributed by atoms with van der Waals surface area (Å²) in [5.41, 5.74) is 3.35. The lowest BCUT2D eigenvalue weighted by atomic mass is 10.1. The molecule has 0 unspecified atom stereocenters. The van der Waals surface area contributed by atoms with Gasteiger partial charge >= 0.3 is 0 Å². The third-order valence-corrected chi connectivity index (χ3v) is 5.12. The smallest absolute Gasteiger partial charge is 0.269 e. The van der Waals surface area contributed by atoms with Gasteiger partial charge < -0.3 is 14.7 Å². The van der Waals surface area contributed by atoms with Gasteiger partial charge in [0.25, 0.3) is 5.69 Å². The van der Waals surface area contributed by atoms with Crippen molar-refractivity contribution < 1.29 is 4.92 Å². The second kappa shape index (κ2) is 7.70. The predicted octanol–water partition coefficient (Wildman–Crippen LogP) is 3.16. The molecule has 0 aliphatic carbocycles. The van der Waals surface area contributed by atoms with Crippen LogP contribution in [0.5, 0.6) is 0 Å². The van der Waals surface area contributed by atoms with Gasteiger partial charge in [0.1, 0.15) is 4.99 Å². The van der Waals surface area contributed by atoms with Gasteiger partial charge in [-0.25, -0.2) is 0 Å². The number of nitro benzene ring substituents is 1. The third-order valence-electron chi connectivity index (χ3n) is 4.62. The molecule has 0 amide bonds.